The monoisotopic (exact) mass is 300 g/mol. The van der Waals surface area contributed by atoms with E-state index in [0.29, 0.717) is 11.9 Å². The second kappa shape index (κ2) is 6.32. The van der Waals surface area contributed by atoms with Gasteiger partial charge in [0.15, 0.2) is 0 Å². The number of H-pyrrole nitrogens is 1. The van der Waals surface area contributed by atoms with E-state index in [0.717, 1.165) is 36.9 Å². The number of ether oxygens (including phenoxy) is 1. The topological polar surface area (TPSA) is 71.2 Å². The van der Waals surface area contributed by atoms with Gasteiger partial charge in [0.2, 0.25) is 5.43 Å². The summed E-state index contributed by atoms with van der Waals surface area (Å²) >= 11 is 0. The summed E-state index contributed by atoms with van der Waals surface area (Å²) in [6.45, 7) is 3.23. The van der Waals surface area contributed by atoms with Crippen LogP contribution < -0.4 is 10.7 Å². The molecule has 2 N–H and O–H groups in total. The highest BCUT2D eigenvalue weighted by atomic mass is 16.5. The molecule has 1 fully saturated rings. The number of aromatic nitrogens is 1. The number of aromatic amines is 1. The molecule has 1 aromatic carbocycles. The third-order valence-electron chi connectivity index (χ3n) is 4.14. The molecule has 1 aliphatic rings. The van der Waals surface area contributed by atoms with Gasteiger partial charge in [-0.15, -0.1) is 0 Å². The summed E-state index contributed by atoms with van der Waals surface area (Å²) in [5, 5.41) is 3.35. The number of fused-ring (bicyclic) bond motifs is 1. The molecular formula is C17H20N2O3. The highest BCUT2D eigenvalue weighted by Crippen LogP contribution is 2.15. The Balaban J connectivity index is 1.86. The van der Waals surface area contributed by atoms with Crippen LogP contribution in [-0.4, -0.2) is 30.1 Å². The molecule has 1 atom stereocenters. The van der Waals surface area contributed by atoms with Gasteiger partial charge in [-0.3, -0.25) is 9.59 Å². The molecule has 5 heteroatoms. The number of nitrogens with one attached hydrogen (secondary N) is 2. The van der Waals surface area contributed by atoms with Gasteiger partial charge in [0.1, 0.15) is 5.56 Å². The summed E-state index contributed by atoms with van der Waals surface area (Å²) in [6.07, 6.45) is 4.38. The number of pyridine rings is 1. The maximum Gasteiger partial charge on any atom is 0.256 e. The molecule has 0 spiro atoms. The lowest BCUT2D eigenvalue weighted by atomic mass is 10.1. The zero-order valence-corrected chi connectivity index (χ0v) is 12.6. The van der Waals surface area contributed by atoms with E-state index in [4.69, 9.17) is 4.74 Å². The van der Waals surface area contributed by atoms with Crippen molar-refractivity contribution >= 4 is 16.8 Å². The molecule has 0 aliphatic carbocycles. The van der Waals surface area contributed by atoms with Crippen LogP contribution in [0.5, 0.6) is 0 Å². The Hall–Kier alpha value is -2.14. The van der Waals surface area contributed by atoms with Crippen LogP contribution in [0.25, 0.3) is 10.9 Å². The first-order valence-corrected chi connectivity index (χ1v) is 7.73. The zero-order valence-electron chi connectivity index (χ0n) is 12.6. The summed E-state index contributed by atoms with van der Waals surface area (Å²) in [5.41, 5.74) is 1.80. The summed E-state index contributed by atoms with van der Waals surface area (Å²) in [6, 6.07) is 5.59. The van der Waals surface area contributed by atoms with Gasteiger partial charge < -0.3 is 15.0 Å². The van der Waals surface area contributed by atoms with Crippen molar-refractivity contribution in [3.63, 3.8) is 0 Å². The molecule has 0 unspecified atom stereocenters. The Morgan fingerprint density at radius 2 is 2.32 bits per heavy atom. The third kappa shape index (κ3) is 2.76. The molecule has 0 bridgehead atoms. The van der Waals surface area contributed by atoms with Crippen molar-refractivity contribution in [3.8, 4) is 0 Å². The number of benzene rings is 1. The Morgan fingerprint density at radius 3 is 3.05 bits per heavy atom. The van der Waals surface area contributed by atoms with E-state index in [1.807, 2.05) is 19.1 Å². The highest BCUT2D eigenvalue weighted by molar-refractivity contribution is 5.97. The average molecular weight is 300 g/mol. The van der Waals surface area contributed by atoms with Crippen molar-refractivity contribution in [1.82, 2.24) is 10.3 Å². The molecule has 3 rings (SSSR count). The summed E-state index contributed by atoms with van der Waals surface area (Å²) in [5.74, 6) is -0.347. The molecule has 1 aliphatic heterocycles. The third-order valence-corrected chi connectivity index (χ3v) is 4.14. The fourth-order valence-electron chi connectivity index (χ4n) is 2.89. The van der Waals surface area contributed by atoms with Gasteiger partial charge in [0.25, 0.3) is 5.91 Å². The van der Waals surface area contributed by atoms with E-state index in [-0.39, 0.29) is 23.0 Å². The van der Waals surface area contributed by atoms with Crippen LogP contribution in [0.1, 0.15) is 35.7 Å². The van der Waals surface area contributed by atoms with Crippen molar-refractivity contribution in [3.05, 3.63) is 45.7 Å². The molecule has 1 saturated heterocycles. The molecule has 0 radical (unpaired) electrons. The van der Waals surface area contributed by atoms with Crippen LogP contribution in [0.15, 0.2) is 29.2 Å². The Morgan fingerprint density at radius 1 is 1.45 bits per heavy atom. The molecular weight excluding hydrogens is 280 g/mol. The number of amides is 1. The summed E-state index contributed by atoms with van der Waals surface area (Å²) in [4.78, 5) is 27.9. The first kappa shape index (κ1) is 14.8. The predicted molar refractivity (Wildman–Crippen MR) is 85.3 cm³/mol. The first-order chi connectivity index (χ1) is 10.7. The summed E-state index contributed by atoms with van der Waals surface area (Å²) in [7, 11) is 0. The van der Waals surface area contributed by atoms with E-state index >= 15 is 0 Å². The van der Waals surface area contributed by atoms with Gasteiger partial charge in [-0.05, 0) is 30.9 Å². The van der Waals surface area contributed by atoms with E-state index in [1.54, 1.807) is 6.07 Å². The lowest BCUT2D eigenvalue weighted by Crippen LogP contribution is -2.34. The van der Waals surface area contributed by atoms with E-state index < -0.39 is 0 Å². The van der Waals surface area contributed by atoms with Gasteiger partial charge >= 0.3 is 0 Å². The van der Waals surface area contributed by atoms with E-state index in [9.17, 15) is 9.59 Å². The van der Waals surface area contributed by atoms with Gasteiger partial charge in [-0.2, -0.15) is 0 Å². The normalized spacial score (nSPS) is 17.8. The second-order valence-electron chi connectivity index (χ2n) is 5.57. The first-order valence-electron chi connectivity index (χ1n) is 7.73. The Bertz CT molecular complexity index is 745. The largest absolute Gasteiger partial charge is 0.376 e. The van der Waals surface area contributed by atoms with Crippen molar-refractivity contribution in [2.24, 2.45) is 0 Å². The average Bonchev–Trinajstić information content (AvgIpc) is 3.06. The van der Waals surface area contributed by atoms with Crippen molar-refractivity contribution in [2.75, 3.05) is 13.2 Å². The molecule has 5 nitrogen and oxygen atoms in total. The minimum Gasteiger partial charge on any atom is -0.376 e. The van der Waals surface area contributed by atoms with E-state index in [1.165, 1.54) is 6.20 Å². The zero-order chi connectivity index (χ0) is 15.5. The summed E-state index contributed by atoms with van der Waals surface area (Å²) < 4.78 is 5.47. The lowest BCUT2D eigenvalue weighted by Gasteiger charge is -2.11. The number of hydrogen-bond donors (Lipinski definition) is 2. The van der Waals surface area contributed by atoms with Crippen LogP contribution in [-0.2, 0) is 11.2 Å². The Kier molecular flexibility index (Phi) is 4.24. The van der Waals surface area contributed by atoms with E-state index in [2.05, 4.69) is 10.3 Å². The van der Waals surface area contributed by atoms with Crippen molar-refractivity contribution < 1.29 is 9.53 Å². The van der Waals surface area contributed by atoms with Crippen LogP contribution in [0.3, 0.4) is 0 Å². The molecule has 116 valence electrons. The standard InChI is InChI=1S/C17H20N2O3/c1-2-11-5-3-7-13-15(11)18-10-14(16(13)20)17(21)19-9-12-6-4-8-22-12/h3,5,7,10,12H,2,4,6,8-9H2,1H3,(H,18,20)(H,19,21)/t12-/m0/s1. The van der Waals surface area contributed by atoms with Gasteiger partial charge in [-0.25, -0.2) is 0 Å². The predicted octanol–water partition coefficient (Wildman–Crippen LogP) is 2.00. The second-order valence-corrected chi connectivity index (χ2v) is 5.57. The van der Waals surface area contributed by atoms with Gasteiger partial charge in [-0.1, -0.05) is 19.1 Å². The molecule has 22 heavy (non-hydrogen) atoms. The lowest BCUT2D eigenvalue weighted by molar-refractivity contribution is 0.0857. The van der Waals surface area contributed by atoms with Crippen LogP contribution >= 0.6 is 0 Å². The number of para-hydroxylation sites is 1. The van der Waals surface area contributed by atoms with Crippen LogP contribution in [0.4, 0.5) is 0 Å². The molecule has 2 aromatic rings. The fourth-order valence-corrected chi connectivity index (χ4v) is 2.89. The van der Waals surface area contributed by atoms with Crippen molar-refractivity contribution in [1.29, 1.82) is 0 Å². The quantitative estimate of drug-likeness (QED) is 0.907. The Labute approximate surface area is 128 Å². The number of rotatable bonds is 4. The SMILES string of the molecule is CCc1cccc2c(=O)c(C(=O)NC[C@@H]3CCCO3)c[nH]c12. The fraction of sp³-hybridized carbons (Fsp3) is 0.412. The smallest absolute Gasteiger partial charge is 0.256 e. The van der Waals surface area contributed by atoms with Gasteiger partial charge in [0.05, 0.1) is 11.6 Å². The van der Waals surface area contributed by atoms with Crippen LogP contribution in [0, 0.1) is 0 Å². The number of aryl methyl sites for hydroxylation is 1. The number of carbonyl (C=O) groups is 1. The molecule has 2 heterocycles. The van der Waals surface area contributed by atoms with Gasteiger partial charge in [0, 0.05) is 24.7 Å². The minimum atomic E-state index is -0.347. The maximum absolute atomic E-state index is 12.5. The van der Waals surface area contributed by atoms with Crippen LogP contribution in [0.2, 0.25) is 0 Å². The number of hydrogen-bond acceptors (Lipinski definition) is 3. The molecule has 1 aromatic heterocycles. The molecule has 0 saturated carbocycles. The highest BCUT2D eigenvalue weighted by Gasteiger charge is 2.18. The minimum absolute atomic E-state index is 0.0650. The maximum atomic E-state index is 12.5. The number of carbonyl (C=O) groups excluding carboxylic acids is 1. The molecule has 1 amide bonds. The van der Waals surface area contributed by atoms with Crippen molar-refractivity contribution in [2.45, 2.75) is 32.3 Å².